The molecule has 0 fully saturated rings. The van der Waals surface area contributed by atoms with Crippen molar-refractivity contribution in [3.05, 3.63) is 35.9 Å². The highest BCUT2D eigenvalue weighted by Crippen LogP contribution is 1.98. The molecule has 0 aliphatic rings. The van der Waals surface area contributed by atoms with Crippen LogP contribution in [0.1, 0.15) is 26.3 Å². The van der Waals surface area contributed by atoms with Crippen LogP contribution in [0.25, 0.3) is 0 Å². The standard InChI is InChI=1S/C14H24N2/c1-14(2,3)16-12-11-15-10-9-13-7-5-4-6-8-13/h4-8,15-16H,9-12H2,1-3H3. The van der Waals surface area contributed by atoms with Crippen molar-refractivity contribution in [2.45, 2.75) is 32.7 Å². The molecule has 1 aromatic carbocycles. The van der Waals surface area contributed by atoms with Gasteiger partial charge in [-0.1, -0.05) is 30.3 Å². The van der Waals surface area contributed by atoms with Crippen LogP contribution in [0.3, 0.4) is 0 Å². The Hall–Kier alpha value is -0.860. The van der Waals surface area contributed by atoms with Crippen LogP contribution in [-0.4, -0.2) is 25.2 Å². The molecule has 1 rings (SSSR count). The fourth-order valence-electron chi connectivity index (χ4n) is 1.53. The van der Waals surface area contributed by atoms with Gasteiger partial charge in [-0.25, -0.2) is 0 Å². The third-order valence-electron chi connectivity index (χ3n) is 2.39. The summed E-state index contributed by atoms with van der Waals surface area (Å²) in [5, 5.41) is 6.90. The van der Waals surface area contributed by atoms with Gasteiger partial charge in [-0.15, -0.1) is 0 Å². The zero-order chi connectivity index (χ0) is 11.9. The first-order valence-electron chi connectivity index (χ1n) is 6.07. The van der Waals surface area contributed by atoms with E-state index in [2.05, 4.69) is 61.7 Å². The molecule has 2 heteroatoms. The molecule has 0 radical (unpaired) electrons. The molecule has 0 bridgehead atoms. The quantitative estimate of drug-likeness (QED) is 0.718. The predicted molar refractivity (Wildman–Crippen MR) is 70.8 cm³/mol. The Morgan fingerprint density at radius 3 is 2.25 bits per heavy atom. The molecule has 0 saturated heterocycles. The molecule has 0 aliphatic carbocycles. The van der Waals surface area contributed by atoms with Crippen molar-refractivity contribution >= 4 is 0 Å². The van der Waals surface area contributed by atoms with E-state index in [1.54, 1.807) is 0 Å². The van der Waals surface area contributed by atoms with Gasteiger partial charge in [0.1, 0.15) is 0 Å². The Labute approximate surface area is 99.5 Å². The summed E-state index contributed by atoms with van der Waals surface area (Å²) < 4.78 is 0. The molecule has 0 amide bonds. The molecule has 2 nitrogen and oxygen atoms in total. The van der Waals surface area contributed by atoms with Gasteiger partial charge < -0.3 is 10.6 Å². The van der Waals surface area contributed by atoms with Crippen molar-refractivity contribution in [3.8, 4) is 0 Å². The third kappa shape index (κ3) is 6.59. The van der Waals surface area contributed by atoms with E-state index < -0.39 is 0 Å². The number of nitrogens with one attached hydrogen (secondary N) is 2. The number of hydrogen-bond acceptors (Lipinski definition) is 2. The smallest absolute Gasteiger partial charge is 0.00970 e. The van der Waals surface area contributed by atoms with E-state index in [0.717, 1.165) is 26.1 Å². The number of rotatable bonds is 6. The van der Waals surface area contributed by atoms with Crippen LogP contribution in [0.4, 0.5) is 0 Å². The highest BCUT2D eigenvalue weighted by Gasteiger charge is 2.06. The van der Waals surface area contributed by atoms with Gasteiger partial charge >= 0.3 is 0 Å². The van der Waals surface area contributed by atoms with Crippen molar-refractivity contribution in [2.24, 2.45) is 0 Å². The van der Waals surface area contributed by atoms with Crippen LogP contribution in [0, 0.1) is 0 Å². The lowest BCUT2D eigenvalue weighted by atomic mass is 10.1. The van der Waals surface area contributed by atoms with Gasteiger partial charge in [-0.3, -0.25) is 0 Å². The van der Waals surface area contributed by atoms with Gasteiger partial charge in [0, 0.05) is 18.6 Å². The largest absolute Gasteiger partial charge is 0.315 e. The van der Waals surface area contributed by atoms with E-state index in [1.165, 1.54) is 5.56 Å². The van der Waals surface area contributed by atoms with Crippen LogP contribution < -0.4 is 10.6 Å². The molecular formula is C14H24N2. The molecule has 0 heterocycles. The van der Waals surface area contributed by atoms with E-state index in [4.69, 9.17) is 0 Å². The van der Waals surface area contributed by atoms with Gasteiger partial charge in [0.2, 0.25) is 0 Å². The van der Waals surface area contributed by atoms with Gasteiger partial charge in [0.05, 0.1) is 0 Å². The van der Waals surface area contributed by atoms with E-state index in [0.29, 0.717) is 0 Å². The van der Waals surface area contributed by atoms with Crippen LogP contribution >= 0.6 is 0 Å². The van der Waals surface area contributed by atoms with Gasteiger partial charge in [-0.05, 0) is 39.3 Å². The Kier molecular flexibility index (Phi) is 5.50. The van der Waals surface area contributed by atoms with Crippen LogP contribution in [-0.2, 0) is 6.42 Å². The topological polar surface area (TPSA) is 24.1 Å². The fourth-order valence-corrected chi connectivity index (χ4v) is 1.53. The molecule has 0 atom stereocenters. The SMILES string of the molecule is CC(C)(C)NCCNCCc1ccccc1. The second-order valence-corrected chi connectivity index (χ2v) is 5.16. The second-order valence-electron chi connectivity index (χ2n) is 5.16. The maximum absolute atomic E-state index is 3.46. The lowest BCUT2D eigenvalue weighted by Gasteiger charge is -2.20. The summed E-state index contributed by atoms with van der Waals surface area (Å²) in [5.41, 5.74) is 1.62. The Morgan fingerprint density at radius 2 is 1.62 bits per heavy atom. The van der Waals surface area contributed by atoms with Crippen molar-refractivity contribution in [3.63, 3.8) is 0 Å². The Bertz CT molecular complexity index is 275. The summed E-state index contributed by atoms with van der Waals surface area (Å²) in [4.78, 5) is 0. The Morgan fingerprint density at radius 1 is 0.938 bits per heavy atom. The normalized spacial score (nSPS) is 11.7. The minimum atomic E-state index is 0.223. The van der Waals surface area contributed by atoms with Crippen molar-refractivity contribution < 1.29 is 0 Å². The summed E-state index contributed by atoms with van der Waals surface area (Å²) in [6.45, 7) is 9.68. The lowest BCUT2D eigenvalue weighted by Crippen LogP contribution is -2.40. The first-order chi connectivity index (χ1) is 7.58. The molecule has 0 saturated carbocycles. The van der Waals surface area contributed by atoms with E-state index in [1.807, 2.05) is 0 Å². The maximum Gasteiger partial charge on any atom is 0.00970 e. The number of benzene rings is 1. The fraction of sp³-hybridized carbons (Fsp3) is 0.571. The summed E-state index contributed by atoms with van der Waals surface area (Å²) in [6.07, 6.45) is 1.11. The van der Waals surface area contributed by atoms with Crippen LogP contribution in [0.5, 0.6) is 0 Å². The molecule has 0 unspecified atom stereocenters. The third-order valence-corrected chi connectivity index (χ3v) is 2.39. The molecule has 2 N–H and O–H groups in total. The lowest BCUT2D eigenvalue weighted by molar-refractivity contribution is 0.422. The zero-order valence-electron chi connectivity index (χ0n) is 10.7. The van der Waals surface area contributed by atoms with E-state index in [-0.39, 0.29) is 5.54 Å². The molecule has 0 aromatic heterocycles. The van der Waals surface area contributed by atoms with Gasteiger partial charge in [0.25, 0.3) is 0 Å². The van der Waals surface area contributed by atoms with E-state index in [9.17, 15) is 0 Å². The average Bonchev–Trinajstić information content (AvgIpc) is 2.23. The summed E-state index contributed by atoms with van der Waals surface area (Å²) >= 11 is 0. The van der Waals surface area contributed by atoms with Gasteiger partial charge in [-0.2, -0.15) is 0 Å². The maximum atomic E-state index is 3.46. The van der Waals surface area contributed by atoms with E-state index >= 15 is 0 Å². The first kappa shape index (κ1) is 13.2. The average molecular weight is 220 g/mol. The summed E-state index contributed by atoms with van der Waals surface area (Å²) in [7, 11) is 0. The van der Waals surface area contributed by atoms with Crippen molar-refractivity contribution in [2.75, 3.05) is 19.6 Å². The first-order valence-corrected chi connectivity index (χ1v) is 6.07. The van der Waals surface area contributed by atoms with Crippen molar-refractivity contribution in [1.29, 1.82) is 0 Å². The van der Waals surface area contributed by atoms with Crippen LogP contribution in [0.15, 0.2) is 30.3 Å². The molecular weight excluding hydrogens is 196 g/mol. The molecule has 16 heavy (non-hydrogen) atoms. The Balaban J connectivity index is 2.01. The molecule has 1 aromatic rings. The molecule has 0 aliphatic heterocycles. The highest BCUT2D eigenvalue weighted by molar-refractivity contribution is 5.14. The monoisotopic (exact) mass is 220 g/mol. The zero-order valence-corrected chi connectivity index (χ0v) is 10.7. The summed E-state index contributed by atoms with van der Waals surface area (Å²) in [6, 6.07) is 10.6. The molecule has 0 spiro atoms. The van der Waals surface area contributed by atoms with Crippen LogP contribution in [0.2, 0.25) is 0 Å². The minimum Gasteiger partial charge on any atom is -0.315 e. The highest BCUT2D eigenvalue weighted by atomic mass is 15.0. The molecule has 90 valence electrons. The van der Waals surface area contributed by atoms with Gasteiger partial charge in [0.15, 0.2) is 0 Å². The minimum absolute atomic E-state index is 0.223. The summed E-state index contributed by atoms with van der Waals surface area (Å²) in [5.74, 6) is 0. The number of hydrogen-bond donors (Lipinski definition) is 2. The van der Waals surface area contributed by atoms with Crippen molar-refractivity contribution in [1.82, 2.24) is 10.6 Å². The predicted octanol–water partition coefficient (Wildman–Crippen LogP) is 2.21. The second kappa shape index (κ2) is 6.66.